The number of carbonyl (C=O) groups excluding carboxylic acids is 1. The summed E-state index contributed by atoms with van der Waals surface area (Å²) in [5.41, 5.74) is 0.251. The molecule has 0 aliphatic rings. The molecule has 6 heteroatoms. The Balaban J connectivity index is 2.76. The molecule has 0 heterocycles. The maximum absolute atomic E-state index is 12.2. The quantitative estimate of drug-likeness (QED) is 0.871. The molecule has 0 saturated heterocycles. The summed E-state index contributed by atoms with van der Waals surface area (Å²) in [4.78, 5) is 24.4. The van der Waals surface area contributed by atoms with Gasteiger partial charge in [-0.05, 0) is 26.8 Å². The number of nitrogens with one attached hydrogen (secondary N) is 1. The van der Waals surface area contributed by atoms with E-state index < -0.39 is 17.5 Å². The fraction of sp³-hybridized carbons (Fsp3) is 0.467. The Hall–Kier alpha value is -2.24. The van der Waals surface area contributed by atoms with Crippen LogP contribution in [0.1, 0.15) is 26.3 Å². The summed E-state index contributed by atoms with van der Waals surface area (Å²) in [6.45, 7) is 5.30. The molecule has 6 nitrogen and oxygen atoms in total. The van der Waals surface area contributed by atoms with E-state index in [4.69, 9.17) is 9.84 Å². The highest BCUT2D eigenvalue weighted by Crippen LogP contribution is 2.18. The standard InChI is InChI=1S/C15H22N2O4/c1-15(2,3)17(10-13(18)19)14(20)16-9-11-7-5-6-8-12(11)21-4/h5-8H,9-10H2,1-4H3,(H,16,20)(H,18,19). The number of methoxy groups -OCH3 is 1. The summed E-state index contributed by atoms with van der Waals surface area (Å²) in [6, 6.07) is 6.92. The number of benzene rings is 1. The molecule has 1 aromatic rings. The smallest absolute Gasteiger partial charge is 0.323 e. The predicted molar refractivity (Wildman–Crippen MR) is 79.3 cm³/mol. The minimum Gasteiger partial charge on any atom is -0.496 e. The van der Waals surface area contributed by atoms with E-state index in [0.29, 0.717) is 5.75 Å². The first-order valence-electron chi connectivity index (χ1n) is 6.65. The fourth-order valence-electron chi connectivity index (χ4n) is 1.86. The monoisotopic (exact) mass is 294 g/mol. The number of carbonyl (C=O) groups is 2. The number of hydrogen-bond acceptors (Lipinski definition) is 3. The second-order valence-electron chi connectivity index (χ2n) is 5.62. The molecular formula is C15H22N2O4. The Bertz CT molecular complexity index is 509. The minimum atomic E-state index is -1.04. The average molecular weight is 294 g/mol. The number of nitrogens with zero attached hydrogens (tertiary/aromatic N) is 1. The van der Waals surface area contributed by atoms with Crippen LogP contribution in [-0.2, 0) is 11.3 Å². The van der Waals surface area contributed by atoms with Gasteiger partial charge < -0.3 is 20.1 Å². The first kappa shape index (κ1) is 16.8. The molecule has 0 aliphatic heterocycles. The summed E-state index contributed by atoms with van der Waals surface area (Å²) in [6.07, 6.45) is 0. The van der Waals surface area contributed by atoms with Gasteiger partial charge in [0, 0.05) is 17.6 Å². The van der Waals surface area contributed by atoms with Crippen molar-refractivity contribution in [2.75, 3.05) is 13.7 Å². The summed E-state index contributed by atoms with van der Waals surface area (Å²) < 4.78 is 5.21. The largest absolute Gasteiger partial charge is 0.496 e. The molecule has 0 spiro atoms. The van der Waals surface area contributed by atoms with Crippen molar-refractivity contribution in [2.24, 2.45) is 0 Å². The Kier molecular flexibility index (Phi) is 5.58. The van der Waals surface area contributed by atoms with Gasteiger partial charge in [0.2, 0.25) is 0 Å². The Labute approximate surface area is 124 Å². The van der Waals surface area contributed by atoms with Crippen molar-refractivity contribution < 1.29 is 19.4 Å². The Morgan fingerprint density at radius 2 is 1.90 bits per heavy atom. The molecule has 2 N–H and O–H groups in total. The summed E-state index contributed by atoms with van der Waals surface area (Å²) >= 11 is 0. The van der Waals surface area contributed by atoms with Crippen LogP contribution in [0, 0.1) is 0 Å². The third-order valence-corrected chi connectivity index (χ3v) is 2.97. The van der Waals surface area contributed by atoms with E-state index >= 15 is 0 Å². The zero-order valence-electron chi connectivity index (χ0n) is 12.8. The third-order valence-electron chi connectivity index (χ3n) is 2.97. The maximum atomic E-state index is 12.2. The maximum Gasteiger partial charge on any atom is 0.323 e. The van der Waals surface area contributed by atoms with Gasteiger partial charge in [-0.2, -0.15) is 0 Å². The molecule has 0 aromatic heterocycles. The highest BCUT2D eigenvalue weighted by molar-refractivity contribution is 5.80. The van der Waals surface area contributed by atoms with Gasteiger partial charge in [-0.25, -0.2) is 4.79 Å². The average Bonchev–Trinajstić information content (AvgIpc) is 2.41. The number of amides is 2. The molecule has 1 rings (SSSR count). The van der Waals surface area contributed by atoms with Gasteiger partial charge in [-0.3, -0.25) is 4.79 Å². The molecule has 0 fully saturated rings. The van der Waals surface area contributed by atoms with Gasteiger partial charge in [-0.1, -0.05) is 18.2 Å². The van der Waals surface area contributed by atoms with E-state index in [1.807, 2.05) is 18.2 Å². The molecule has 0 saturated carbocycles. The lowest BCUT2D eigenvalue weighted by atomic mass is 10.1. The molecule has 21 heavy (non-hydrogen) atoms. The third kappa shape index (κ3) is 4.98. The minimum absolute atomic E-state index is 0.273. The van der Waals surface area contributed by atoms with Crippen molar-refractivity contribution in [3.63, 3.8) is 0 Å². The SMILES string of the molecule is COc1ccccc1CNC(=O)N(CC(=O)O)C(C)(C)C. The van der Waals surface area contributed by atoms with Crippen LogP contribution in [-0.4, -0.2) is 41.2 Å². The summed E-state index contributed by atoms with van der Waals surface area (Å²) in [5, 5.41) is 11.7. The zero-order chi connectivity index (χ0) is 16.0. The van der Waals surface area contributed by atoms with Crippen LogP contribution in [0.25, 0.3) is 0 Å². The fourth-order valence-corrected chi connectivity index (χ4v) is 1.86. The van der Waals surface area contributed by atoms with Crippen molar-refractivity contribution in [1.29, 1.82) is 0 Å². The number of aliphatic carboxylic acids is 1. The number of rotatable bonds is 5. The lowest BCUT2D eigenvalue weighted by molar-refractivity contribution is -0.138. The second-order valence-corrected chi connectivity index (χ2v) is 5.62. The van der Waals surface area contributed by atoms with Gasteiger partial charge >= 0.3 is 12.0 Å². The molecule has 0 radical (unpaired) electrons. The highest BCUT2D eigenvalue weighted by atomic mass is 16.5. The van der Waals surface area contributed by atoms with Crippen LogP contribution in [0.2, 0.25) is 0 Å². The van der Waals surface area contributed by atoms with Crippen LogP contribution in [0.3, 0.4) is 0 Å². The van der Waals surface area contributed by atoms with E-state index in [9.17, 15) is 9.59 Å². The van der Waals surface area contributed by atoms with Crippen molar-refractivity contribution in [3.05, 3.63) is 29.8 Å². The van der Waals surface area contributed by atoms with Gasteiger partial charge in [0.1, 0.15) is 12.3 Å². The van der Waals surface area contributed by atoms with Crippen molar-refractivity contribution in [2.45, 2.75) is 32.9 Å². The lowest BCUT2D eigenvalue weighted by Gasteiger charge is -2.34. The molecule has 0 atom stereocenters. The van der Waals surface area contributed by atoms with Gasteiger partial charge in [0.25, 0.3) is 0 Å². The Morgan fingerprint density at radius 1 is 1.29 bits per heavy atom. The number of ether oxygens (including phenoxy) is 1. The number of carboxylic acid groups (broad SMARTS) is 1. The van der Waals surface area contributed by atoms with Crippen molar-refractivity contribution in [1.82, 2.24) is 10.2 Å². The van der Waals surface area contributed by atoms with Gasteiger partial charge in [0.05, 0.1) is 7.11 Å². The van der Waals surface area contributed by atoms with Gasteiger partial charge in [-0.15, -0.1) is 0 Å². The van der Waals surface area contributed by atoms with Crippen molar-refractivity contribution >= 4 is 12.0 Å². The first-order chi connectivity index (χ1) is 9.75. The van der Waals surface area contributed by atoms with Crippen LogP contribution in [0.4, 0.5) is 4.79 Å². The molecule has 2 amide bonds. The predicted octanol–water partition coefficient (Wildman–Crippen LogP) is 2.09. The molecular weight excluding hydrogens is 272 g/mol. The number of hydrogen-bond donors (Lipinski definition) is 2. The van der Waals surface area contributed by atoms with E-state index in [0.717, 1.165) is 5.56 Å². The number of para-hydroxylation sites is 1. The van der Waals surface area contributed by atoms with E-state index in [1.165, 1.54) is 4.90 Å². The molecule has 1 aromatic carbocycles. The van der Waals surface area contributed by atoms with E-state index in [-0.39, 0.29) is 13.1 Å². The topological polar surface area (TPSA) is 78.9 Å². The molecule has 116 valence electrons. The number of urea groups is 1. The summed E-state index contributed by atoms with van der Waals surface area (Å²) in [7, 11) is 1.56. The molecule has 0 aliphatic carbocycles. The number of carboxylic acids is 1. The van der Waals surface area contributed by atoms with Crippen molar-refractivity contribution in [3.8, 4) is 5.75 Å². The molecule has 0 bridgehead atoms. The van der Waals surface area contributed by atoms with E-state index in [1.54, 1.807) is 33.9 Å². The highest BCUT2D eigenvalue weighted by Gasteiger charge is 2.28. The first-order valence-corrected chi connectivity index (χ1v) is 6.65. The second kappa shape index (κ2) is 6.97. The lowest BCUT2D eigenvalue weighted by Crippen LogP contribution is -2.52. The summed E-state index contributed by atoms with van der Waals surface area (Å²) in [5.74, 6) is -0.365. The normalized spacial score (nSPS) is 10.9. The molecule has 0 unspecified atom stereocenters. The van der Waals surface area contributed by atoms with Crippen LogP contribution in [0.15, 0.2) is 24.3 Å². The Morgan fingerprint density at radius 3 is 2.43 bits per heavy atom. The van der Waals surface area contributed by atoms with Crippen LogP contribution < -0.4 is 10.1 Å². The van der Waals surface area contributed by atoms with Crippen LogP contribution in [0.5, 0.6) is 5.75 Å². The van der Waals surface area contributed by atoms with E-state index in [2.05, 4.69) is 5.32 Å². The van der Waals surface area contributed by atoms with Crippen LogP contribution >= 0.6 is 0 Å². The van der Waals surface area contributed by atoms with Gasteiger partial charge in [0.15, 0.2) is 0 Å². The zero-order valence-corrected chi connectivity index (χ0v) is 12.8.